The highest BCUT2D eigenvalue weighted by Gasteiger charge is 2.26. The van der Waals surface area contributed by atoms with Gasteiger partial charge < -0.3 is 39.7 Å². The number of aliphatic hydroxyl groups is 2. The number of aliphatic carboxylic acids is 3. The van der Waals surface area contributed by atoms with Gasteiger partial charge in [-0.25, -0.2) is 0 Å². The van der Waals surface area contributed by atoms with Crippen LogP contribution in [0.4, 0.5) is 0 Å². The second-order valence-corrected chi connectivity index (χ2v) is 16.8. The van der Waals surface area contributed by atoms with E-state index in [1.165, 1.54) is 0 Å². The lowest BCUT2D eigenvalue weighted by Crippen LogP contribution is -2.52. The molecule has 0 radical (unpaired) electrons. The van der Waals surface area contributed by atoms with Crippen LogP contribution >= 0.6 is 0 Å². The Morgan fingerprint density at radius 2 is 0.712 bits per heavy atom. The van der Waals surface area contributed by atoms with E-state index in [4.69, 9.17) is 14.2 Å². The number of carboxylic acids is 3. The summed E-state index contributed by atoms with van der Waals surface area (Å²) in [5, 5.41) is 52.3. The van der Waals surface area contributed by atoms with E-state index in [9.17, 15) is 54.3 Å². The van der Waals surface area contributed by atoms with Crippen molar-refractivity contribution in [1.82, 2.24) is 49.0 Å². The average molecular weight is 949 g/mol. The lowest BCUT2D eigenvalue weighted by atomic mass is 10.1. The smallest absolute Gasteiger partial charge is 0.317 e. The quantitative estimate of drug-likeness (QED) is 0.0441. The van der Waals surface area contributed by atoms with Crippen LogP contribution in [-0.2, 0) is 43.0 Å². The molecule has 0 bridgehead atoms. The van der Waals surface area contributed by atoms with Crippen molar-refractivity contribution < 1.29 is 68.5 Å². The van der Waals surface area contributed by atoms with Crippen LogP contribution in [0.25, 0.3) is 0 Å². The molecule has 24 nitrogen and oxygen atoms in total. The summed E-state index contributed by atoms with van der Waals surface area (Å²) in [5.41, 5.74) is 0. The zero-order valence-electron chi connectivity index (χ0n) is 39.4. The third kappa shape index (κ3) is 27.2. The molecule has 0 aromatic carbocycles. The van der Waals surface area contributed by atoms with Crippen LogP contribution in [0.3, 0.4) is 0 Å². The molecule has 0 saturated carbocycles. The lowest BCUT2D eigenvalue weighted by Gasteiger charge is -2.37. The van der Waals surface area contributed by atoms with Gasteiger partial charge in [0, 0.05) is 131 Å². The minimum atomic E-state index is -1.00. The van der Waals surface area contributed by atoms with Crippen LogP contribution in [0.2, 0.25) is 0 Å². The summed E-state index contributed by atoms with van der Waals surface area (Å²) < 4.78 is 15.2. The summed E-state index contributed by atoms with van der Waals surface area (Å²) in [6, 6.07) is 0. The fourth-order valence-electron chi connectivity index (χ4n) is 8.25. The predicted octanol–water partition coefficient (Wildman–Crippen LogP) is -3.43. The molecular formula is C42H80N10O14. The van der Waals surface area contributed by atoms with Crippen LogP contribution in [-0.4, -0.2) is 315 Å². The first kappa shape index (κ1) is 58.5. The van der Waals surface area contributed by atoms with Gasteiger partial charge in [0.05, 0.1) is 38.5 Å². The Labute approximate surface area is 390 Å². The zero-order chi connectivity index (χ0) is 48.5. The number of carbonyl (C=O) groups is 6. The third-order valence-corrected chi connectivity index (χ3v) is 11.6. The van der Waals surface area contributed by atoms with Gasteiger partial charge in [0.15, 0.2) is 0 Å². The first-order valence-electron chi connectivity index (χ1n) is 23.3. The number of rotatable bonds is 25. The third-order valence-electron chi connectivity index (χ3n) is 11.6. The molecule has 2 unspecified atom stereocenters. The Morgan fingerprint density at radius 1 is 0.439 bits per heavy atom. The maximum atomic E-state index is 11.8. The molecule has 5 N–H and O–H groups in total. The topological polar surface area (TPSA) is 264 Å². The fourth-order valence-corrected chi connectivity index (χ4v) is 8.25. The molecule has 3 heterocycles. The number of ether oxygens (including phenoxy) is 3. The first-order valence-corrected chi connectivity index (χ1v) is 23.3. The molecule has 3 rings (SSSR count). The summed E-state index contributed by atoms with van der Waals surface area (Å²) in [6.07, 6.45) is 1.51. The standard InChI is InChI=1S/C40H74N10O14.C2H6/c51-33-62-30-47-16-12-41(6-8-43(26-38(56)57)10-11-45(14-18-47)28-40(60)61)22-36(54)24-50(29-46-4-2-1-3-5-46)25-37(55)23-42-7-9-44(27-39(58)59)15-19-49(32-64-35-53)21-20-48(17-13-42)31-63-34-52;1-2/h33-37,54-55H,1-32H2,(H,56,57)(H,58,59)(H,60,61);1-2H3. The Bertz CT molecular complexity index is 1360. The van der Waals surface area contributed by atoms with E-state index in [2.05, 4.69) is 14.7 Å². The minimum Gasteiger partial charge on any atom is -0.480 e. The second-order valence-electron chi connectivity index (χ2n) is 16.8. The van der Waals surface area contributed by atoms with Gasteiger partial charge >= 0.3 is 17.9 Å². The Kier molecular flexibility index (Phi) is 31.4. The molecule has 0 aromatic heterocycles. The van der Waals surface area contributed by atoms with Crippen molar-refractivity contribution in [3.05, 3.63) is 0 Å². The van der Waals surface area contributed by atoms with E-state index in [-0.39, 0.29) is 66.0 Å². The summed E-state index contributed by atoms with van der Waals surface area (Å²) in [7, 11) is 0. The summed E-state index contributed by atoms with van der Waals surface area (Å²) in [4.78, 5) is 87.8. The molecule has 3 aliphatic rings. The number of carboxylic acid groups (broad SMARTS) is 3. The van der Waals surface area contributed by atoms with Crippen molar-refractivity contribution in [3.63, 3.8) is 0 Å². The Hall–Kier alpha value is -3.66. The van der Waals surface area contributed by atoms with Gasteiger partial charge in [-0.1, -0.05) is 20.3 Å². The number of likely N-dealkylation sites (tertiary alicyclic amines) is 1. The minimum absolute atomic E-state index is 0.00309. The second kappa shape index (κ2) is 35.5. The number of hydrogen-bond acceptors (Lipinski definition) is 21. The number of β-amino-alcohol motifs (C(OH)–C–C–N with tert-alkyl or cyclic N) is 2. The van der Waals surface area contributed by atoms with Crippen molar-refractivity contribution >= 4 is 37.3 Å². The number of piperidine rings is 1. The molecular weight excluding hydrogens is 869 g/mol. The van der Waals surface area contributed by atoms with Gasteiger partial charge in [0.2, 0.25) is 0 Å². The monoisotopic (exact) mass is 949 g/mol. The highest BCUT2D eigenvalue weighted by Crippen LogP contribution is 2.12. The zero-order valence-corrected chi connectivity index (χ0v) is 39.4. The number of aliphatic hydroxyl groups excluding tert-OH is 2. The van der Waals surface area contributed by atoms with Crippen LogP contribution in [0.5, 0.6) is 0 Å². The van der Waals surface area contributed by atoms with Crippen molar-refractivity contribution in [2.45, 2.75) is 45.3 Å². The van der Waals surface area contributed by atoms with E-state index >= 15 is 0 Å². The SMILES string of the molecule is CC.O=COCN1CCN(COC=O)CCN(CC(O)CN(CC(O)CN2CCN(COC=O)CCN(CC(=O)O)CCN(CC(=O)O)CC2)CN2CCCCC2)CCN(CC(=O)O)CC1. The molecule has 3 fully saturated rings. The lowest BCUT2D eigenvalue weighted by molar-refractivity contribution is -0.140. The molecule has 3 saturated heterocycles. The molecule has 0 aromatic rings. The summed E-state index contributed by atoms with van der Waals surface area (Å²) in [6.45, 7) is 14.4. The Balaban J connectivity index is 0.00000737. The largest absolute Gasteiger partial charge is 0.480 e. The van der Waals surface area contributed by atoms with Crippen LogP contribution in [0.1, 0.15) is 33.1 Å². The van der Waals surface area contributed by atoms with E-state index in [0.717, 1.165) is 32.4 Å². The molecule has 3 aliphatic heterocycles. The fraction of sp³-hybridized carbons (Fsp3) is 0.857. The van der Waals surface area contributed by atoms with Gasteiger partial charge in [-0.3, -0.25) is 77.8 Å². The molecule has 382 valence electrons. The van der Waals surface area contributed by atoms with Crippen LogP contribution in [0, 0.1) is 0 Å². The van der Waals surface area contributed by atoms with Gasteiger partial charge in [-0.2, -0.15) is 0 Å². The summed E-state index contributed by atoms with van der Waals surface area (Å²) >= 11 is 0. The van der Waals surface area contributed by atoms with E-state index in [1.54, 1.807) is 9.80 Å². The maximum Gasteiger partial charge on any atom is 0.317 e. The molecule has 24 heteroatoms. The molecule has 0 amide bonds. The predicted molar refractivity (Wildman–Crippen MR) is 241 cm³/mol. The molecule has 66 heavy (non-hydrogen) atoms. The summed E-state index contributed by atoms with van der Waals surface area (Å²) in [5.74, 6) is -2.98. The Morgan fingerprint density at radius 3 is 0.985 bits per heavy atom. The van der Waals surface area contributed by atoms with Crippen LogP contribution < -0.4 is 0 Å². The van der Waals surface area contributed by atoms with Crippen molar-refractivity contribution in [3.8, 4) is 0 Å². The van der Waals surface area contributed by atoms with E-state index in [1.807, 2.05) is 38.3 Å². The molecule has 0 spiro atoms. The molecule has 2 atom stereocenters. The van der Waals surface area contributed by atoms with Gasteiger partial charge in [0.25, 0.3) is 19.4 Å². The van der Waals surface area contributed by atoms with E-state index in [0.29, 0.717) is 131 Å². The number of carbonyl (C=O) groups excluding carboxylic acids is 3. The maximum absolute atomic E-state index is 11.8. The van der Waals surface area contributed by atoms with Gasteiger partial charge in [-0.05, 0) is 25.9 Å². The van der Waals surface area contributed by atoms with Gasteiger partial charge in [0.1, 0.15) is 20.2 Å². The van der Waals surface area contributed by atoms with E-state index < -0.39 is 30.1 Å². The van der Waals surface area contributed by atoms with Crippen molar-refractivity contribution in [1.29, 1.82) is 0 Å². The number of hydrogen-bond donors (Lipinski definition) is 5. The highest BCUT2D eigenvalue weighted by molar-refractivity contribution is 5.69. The van der Waals surface area contributed by atoms with Gasteiger partial charge in [-0.15, -0.1) is 0 Å². The highest BCUT2D eigenvalue weighted by atomic mass is 16.5. The normalized spacial score (nSPS) is 21.0. The average Bonchev–Trinajstić information content (AvgIpc) is 3.27. The number of nitrogens with zero attached hydrogens (tertiary/aromatic N) is 10. The molecule has 0 aliphatic carbocycles. The van der Waals surface area contributed by atoms with Crippen molar-refractivity contribution in [2.75, 3.05) is 190 Å². The van der Waals surface area contributed by atoms with Crippen LogP contribution in [0.15, 0.2) is 0 Å². The first-order chi connectivity index (χ1) is 31.8. The van der Waals surface area contributed by atoms with Crippen molar-refractivity contribution in [2.24, 2.45) is 0 Å².